The van der Waals surface area contributed by atoms with Crippen molar-refractivity contribution in [1.29, 1.82) is 0 Å². The van der Waals surface area contributed by atoms with Crippen molar-refractivity contribution in [2.24, 2.45) is 0 Å². The molecule has 0 bridgehead atoms. The summed E-state index contributed by atoms with van der Waals surface area (Å²) in [6.45, 7) is 0.325. The summed E-state index contributed by atoms with van der Waals surface area (Å²) in [5.74, 6) is 0.967. The Hall–Kier alpha value is -0.540. The molecule has 120 valence electrons. The van der Waals surface area contributed by atoms with Gasteiger partial charge < -0.3 is 9.47 Å². The van der Waals surface area contributed by atoms with Crippen LogP contribution in [0.3, 0.4) is 0 Å². The van der Waals surface area contributed by atoms with Crippen molar-refractivity contribution in [2.45, 2.75) is 57.8 Å². The van der Waals surface area contributed by atoms with Crippen LogP contribution in [0.4, 0.5) is 0 Å². The van der Waals surface area contributed by atoms with Gasteiger partial charge in [0.05, 0.1) is 0 Å². The summed E-state index contributed by atoms with van der Waals surface area (Å²) in [7, 11) is 1.65. The molecule has 0 spiro atoms. The molecule has 0 heterocycles. The van der Waals surface area contributed by atoms with Crippen LogP contribution in [0.25, 0.3) is 0 Å². The summed E-state index contributed by atoms with van der Waals surface area (Å²) in [5, 5.41) is 1.15. The number of alkyl halides is 1. The number of methoxy groups -OCH3 is 1. The van der Waals surface area contributed by atoms with Crippen LogP contribution in [-0.2, 0) is 11.2 Å². The van der Waals surface area contributed by atoms with Crippen LogP contribution in [-0.4, -0.2) is 19.2 Å². The average Bonchev–Trinajstić information content (AvgIpc) is 2.52. The fraction of sp³-hybridized carbons (Fsp3) is 0.667. The second-order valence-corrected chi connectivity index (χ2v) is 6.22. The Balaban J connectivity index is 2.09. The Bertz CT molecular complexity index is 355. The number of para-hydroxylation sites is 1. The summed E-state index contributed by atoms with van der Waals surface area (Å²) in [5.41, 5.74) is 1.30. The van der Waals surface area contributed by atoms with E-state index in [0.717, 1.165) is 17.5 Å². The first-order valence-corrected chi connectivity index (χ1v) is 9.26. The van der Waals surface area contributed by atoms with Gasteiger partial charge in [-0.3, -0.25) is 0 Å². The molecule has 3 heteroatoms. The van der Waals surface area contributed by atoms with Crippen molar-refractivity contribution < 1.29 is 9.47 Å². The lowest BCUT2D eigenvalue weighted by atomic mass is 10.0. The van der Waals surface area contributed by atoms with Gasteiger partial charge in [-0.2, -0.15) is 0 Å². The van der Waals surface area contributed by atoms with Crippen molar-refractivity contribution in [1.82, 2.24) is 0 Å². The second-order valence-electron chi connectivity index (χ2n) is 5.43. The Morgan fingerprint density at radius 1 is 0.857 bits per heavy atom. The zero-order valence-corrected chi connectivity index (χ0v) is 14.9. The van der Waals surface area contributed by atoms with Gasteiger partial charge in [-0.15, -0.1) is 0 Å². The molecule has 21 heavy (non-hydrogen) atoms. The van der Waals surface area contributed by atoms with Gasteiger partial charge in [0.1, 0.15) is 5.75 Å². The molecule has 0 saturated carbocycles. The smallest absolute Gasteiger partial charge is 0.188 e. The molecule has 0 saturated heterocycles. The third kappa shape index (κ3) is 9.15. The van der Waals surface area contributed by atoms with E-state index in [1.807, 2.05) is 12.1 Å². The predicted octanol–water partition coefficient (Wildman–Crippen LogP) is 5.73. The number of benzene rings is 1. The molecule has 0 radical (unpaired) electrons. The van der Waals surface area contributed by atoms with E-state index in [0.29, 0.717) is 6.79 Å². The van der Waals surface area contributed by atoms with Crippen molar-refractivity contribution in [2.75, 3.05) is 19.2 Å². The Morgan fingerprint density at radius 2 is 1.48 bits per heavy atom. The van der Waals surface area contributed by atoms with Gasteiger partial charge in [0.2, 0.25) is 0 Å². The Morgan fingerprint density at radius 3 is 2.14 bits per heavy atom. The van der Waals surface area contributed by atoms with Crippen LogP contribution in [0.2, 0.25) is 0 Å². The average molecular weight is 357 g/mol. The van der Waals surface area contributed by atoms with E-state index >= 15 is 0 Å². The number of aryl methyl sites for hydroxylation is 1. The van der Waals surface area contributed by atoms with Gasteiger partial charge in [-0.1, -0.05) is 72.7 Å². The molecular weight excluding hydrogens is 328 g/mol. The van der Waals surface area contributed by atoms with E-state index in [-0.39, 0.29) is 0 Å². The molecule has 1 rings (SSSR count). The number of hydrogen-bond acceptors (Lipinski definition) is 2. The van der Waals surface area contributed by atoms with Crippen LogP contribution >= 0.6 is 15.9 Å². The quantitative estimate of drug-likeness (QED) is 0.255. The van der Waals surface area contributed by atoms with E-state index in [2.05, 4.69) is 28.1 Å². The van der Waals surface area contributed by atoms with Gasteiger partial charge >= 0.3 is 0 Å². The molecule has 0 amide bonds. The summed E-state index contributed by atoms with van der Waals surface area (Å²) < 4.78 is 10.6. The first-order valence-electron chi connectivity index (χ1n) is 8.14. The van der Waals surface area contributed by atoms with Crippen LogP contribution in [0.15, 0.2) is 24.3 Å². The standard InChI is InChI=1S/C18H29BrO2/c1-20-16-21-18-14-10-9-13-17(18)12-8-6-4-2-3-5-7-11-15-19/h9-10,13-14H,2-8,11-12,15-16H2,1H3. The minimum atomic E-state index is 0.325. The summed E-state index contributed by atoms with van der Waals surface area (Å²) in [6, 6.07) is 8.28. The van der Waals surface area contributed by atoms with Crippen LogP contribution in [0.5, 0.6) is 5.75 Å². The van der Waals surface area contributed by atoms with Gasteiger partial charge in [0.25, 0.3) is 0 Å². The summed E-state index contributed by atoms with van der Waals surface area (Å²) in [6.07, 6.45) is 11.9. The molecule has 0 unspecified atom stereocenters. The molecule has 0 aliphatic carbocycles. The maximum Gasteiger partial charge on any atom is 0.188 e. The maximum absolute atomic E-state index is 5.59. The third-order valence-electron chi connectivity index (χ3n) is 3.63. The lowest BCUT2D eigenvalue weighted by molar-refractivity contribution is 0.0504. The maximum atomic E-state index is 5.59. The van der Waals surface area contributed by atoms with E-state index in [9.17, 15) is 0 Å². The normalized spacial score (nSPS) is 10.8. The predicted molar refractivity (Wildman–Crippen MR) is 93.4 cm³/mol. The minimum absolute atomic E-state index is 0.325. The zero-order chi connectivity index (χ0) is 15.2. The minimum Gasteiger partial charge on any atom is -0.467 e. The number of hydrogen-bond donors (Lipinski definition) is 0. The Labute approximate surface area is 138 Å². The number of ether oxygens (including phenoxy) is 2. The van der Waals surface area contributed by atoms with E-state index < -0.39 is 0 Å². The fourth-order valence-electron chi connectivity index (χ4n) is 2.44. The molecule has 0 N–H and O–H groups in total. The highest BCUT2D eigenvalue weighted by atomic mass is 79.9. The first-order chi connectivity index (χ1) is 10.4. The number of rotatable bonds is 13. The van der Waals surface area contributed by atoms with Crippen molar-refractivity contribution in [3.8, 4) is 5.75 Å². The van der Waals surface area contributed by atoms with Gasteiger partial charge in [-0.05, 0) is 30.9 Å². The van der Waals surface area contributed by atoms with E-state index in [1.54, 1.807) is 7.11 Å². The Kier molecular flexibility index (Phi) is 11.6. The largest absolute Gasteiger partial charge is 0.467 e. The highest BCUT2D eigenvalue weighted by Crippen LogP contribution is 2.21. The molecular formula is C18H29BrO2. The molecule has 1 aromatic rings. The zero-order valence-electron chi connectivity index (χ0n) is 13.3. The molecule has 0 aliphatic rings. The van der Waals surface area contributed by atoms with Crippen LogP contribution in [0.1, 0.15) is 56.9 Å². The van der Waals surface area contributed by atoms with E-state index in [4.69, 9.17) is 9.47 Å². The SMILES string of the molecule is COCOc1ccccc1CCCCCCCCCCBr. The first kappa shape index (κ1) is 18.5. The van der Waals surface area contributed by atoms with Gasteiger partial charge in [0.15, 0.2) is 6.79 Å². The molecule has 0 atom stereocenters. The lowest BCUT2D eigenvalue weighted by Crippen LogP contribution is -2.01. The second kappa shape index (κ2) is 13.1. The molecule has 0 fully saturated rings. The van der Waals surface area contributed by atoms with Gasteiger partial charge in [0, 0.05) is 12.4 Å². The van der Waals surface area contributed by atoms with E-state index in [1.165, 1.54) is 56.9 Å². The van der Waals surface area contributed by atoms with Crippen LogP contribution < -0.4 is 4.74 Å². The van der Waals surface area contributed by atoms with Crippen molar-refractivity contribution in [3.63, 3.8) is 0 Å². The molecule has 0 aromatic heterocycles. The highest BCUT2D eigenvalue weighted by Gasteiger charge is 2.02. The number of unbranched alkanes of at least 4 members (excludes halogenated alkanes) is 7. The van der Waals surface area contributed by atoms with Crippen molar-refractivity contribution >= 4 is 15.9 Å². The van der Waals surface area contributed by atoms with Crippen molar-refractivity contribution in [3.05, 3.63) is 29.8 Å². The van der Waals surface area contributed by atoms with Crippen LogP contribution in [0, 0.1) is 0 Å². The van der Waals surface area contributed by atoms with Gasteiger partial charge in [-0.25, -0.2) is 0 Å². The molecule has 1 aromatic carbocycles. The third-order valence-corrected chi connectivity index (χ3v) is 4.20. The molecule has 0 aliphatic heterocycles. The summed E-state index contributed by atoms with van der Waals surface area (Å²) in [4.78, 5) is 0. The summed E-state index contributed by atoms with van der Waals surface area (Å²) >= 11 is 3.48. The lowest BCUT2D eigenvalue weighted by Gasteiger charge is -2.10. The topological polar surface area (TPSA) is 18.5 Å². The number of halogens is 1. The monoisotopic (exact) mass is 356 g/mol. The molecule has 2 nitrogen and oxygen atoms in total. The fourth-order valence-corrected chi connectivity index (χ4v) is 2.84. The highest BCUT2D eigenvalue weighted by molar-refractivity contribution is 9.09.